The largest absolute Gasteiger partial charge is 0.497 e. The summed E-state index contributed by atoms with van der Waals surface area (Å²) in [5.74, 6) is 0.742. The molecule has 0 aliphatic carbocycles. The van der Waals surface area contributed by atoms with Gasteiger partial charge in [-0.05, 0) is 24.6 Å². The molecule has 0 bridgehead atoms. The zero-order valence-corrected chi connectivity index (χ0v) is 11.8. The van der Waals surface area contributed by atoms with E-state index in [4.69, 9.17) is 15.7 Å². The number of rotatable bonds is 4. The Morgan fingerprint density at radius 1 is 1.24 bits per heavy atom. The molecule has 2 unspecified atom stereocenters. The smallest absolute Gasteiger partial charge is 0.176 e. The SMILES string of the molecule is COc1ccc(C(C(C)N)n2cnc(C#N)c2C#N)cc1. The Hall–Kier alpha value is -2.83. The van der Waals surface area contributed by atoms with Crippen molar-refractivity contribution in [1.82, 2.24) is 9.55 Å². The van der Waals surface area contributed by atoms with E-state index in [9.17, 15) is 5.26 Å². The molecule has 0 radical (unpaired) electrons. The van der Waals surface area contributed by atoms with Gasteiger partial charge in [-0.15, -0.1) is 0 Å². The Labute approximate surface area is 123 Å². The van der Waals surface area contributed by atoms with Crippen molar-refractivity contribution < 1.29 is 4.74 Å². The van der Waals surface area contributed by atoms with Crippen molar-refractivity contribution in [1.29, 1.82) is 10.5 Å². The number of imidazole rings is 1. The number of aromatic nitrogens is 2. The van der Waals surface area contributed by atoms with Crippen LogP contribution >= 0.6 is 0 Å². The Morgan fingerprint density at radius 3 is 2.38 bits per heavy atom. The highest BCUT2D eigenvalue weighted by Crippen LogP contribution is 2.25. The number of nitriles is 2. The average molecular weight is 281 g/mol. The minimum Gasteiger partial charge on any atom is -0.497 e. The normalized spacial score (nSPS) is 13.0. The summed E-state index contributed by atoms with van der Waals surface area (Å²) in [6, 6.07) is 10.8. The van der Waals surface area contributed by atoms with Gasteiger partial charge in [0.2, 0.25) is 0 Å². The molecule has 0 aliphatic rings. The summed E-state index contributed by atoms with van der Waals surface area (Å²) in [7, 11) is 1.60. The summed E-state index contributed by atoms with van der Waals surface area (Å²) in [6.45, 7) is 1.85. The Morgan fingerprint density at radius 2 is 1.90 bits per heavy atom. The molecule has 0 saturated carbocycles. The zero-order valence-electron chi connectivity index (χ0n) is 11.8. The van der Waals surface area contributed by atoms with E-state index in [0.717, 1.165) is 11.3 Å². The van der Waals surface area contributed by atoms with E-state index in [-0.39, 0.29) is 23.5 Å². The third-order valence-corrected chi connectivity index (χ3v) is 3.26. The molecule has 1 heterocycles. The molecule has 21 heavy (non-hydrogen) atoms. The fourth-order valence-electron chi connectivity index (χ4n) is 2.28. The second kappa shape index (κ2) is 6.08. The van der Waals surface area contributed by atoms with Crippen LogP contribution in [0.5, 0.6) is 5.75 Å². The van der Waals surface area contributed by atoms with Crippen LogP contribution in [0.2, 0.25) is 0 Å². The maximum atomic E-state index is 9.26. The van der Waals surface area contributed by atoms with Gasteiger partial charge in [0.15, 0.2) is 11.4 Å². The van der Waals surface area contributed by atoms with Crippen LogP contribution in [0.25, 0.3) is 0 Å². The standard InChI is InChI=1S/C15H15N5O/c1-10(18)15(11-3-5-12(21-2)6-4-11)20-9-19-13(7-16)14(20)8-17/h3-6,9-10,15H,18H2,1-2H3. The van der Waals surface area contributed by atoms with Crippen LogP contribution in [0.15, 0.2) is 30.6 Å². The van der Waals surface area contributed by atoms with Crippen LogP contribution < -0.4 is 10.5 Å². The van der Waals surface area contributed by atoms with Crippen LogP contribution in [-0.4, -0.2) is 22.7 Å². The van der Waals surface area contributed by atoms with E-state index in [0.29, 0.717) is 0 Å². The van der Waals surface area contributed by atoms with Crippen molar-refractivity contribution in [2.24, 2.45) is 5.73 Å². The molecule has 0 spiro atoms. The highest BCUT2D eigenvalue weighted by molar-refractivity contribution is 5.39. The van der Waals surface area contributed by atoms with Crippen molar-refractivity contribution in [2.75, 3.05) is 7.11 Å². The highest BCUT2D eigenvalue weighted by atomic mass is 16.5. The first-order chi connectivity index (χ1) is 10.1. The molecule has 1 aromatic heterocycles. The maximum absolute atomic E-state index is 9.26. The van der Waals surface area contributed by atoms with Gasteiger partial charge in [-0.25, -0.2) is 4.98 Å². The van der Waals surface area contributed by atoms with Gasteiger partial charge in [-0.2, -0.15) is 10.5 Å². The molecule has 2 aromatic rings. The second-order valence-corrected chi connectivity index (χ2v) is 4.65. The Balaban J connectivity index is 2.52. The van der Waals surface area contributed by atoms with Gasteiger partial charge in [0.1, 0.15) is 17.9 Å². The molecule has 6 heteroatoms. The first kappa shape index (κ1) is 14.6. The molecule has 0 amide bonds. The van der Waals surface area contributed by atoms with E-state index in [1.165, 1.54) is 6.33 Å². The topological polar surface area (TPSA) is 101 Å². The van der Waals surface area contributed by atoms with Crippen molar-refractivity contribution in [3.8, 4) is 17.9 Å². The fraction of sp³-hybridized carbons (Fsp3) is 0.267. The third-order valence-electron chi connectivity index (χ3n) is 3.26. The van der Waals surface area contributed by atoms with Gasteiger partial charge in [0, 0.05) is 6.04 Å². The van der Waals surface area contributed by atoms with Crippen molar-refractivity contribution in [3.63, 3.8) is 0 Å². The predicted molar refractivity (Wildman–Crippen MR) is 76.4 cm³/mol. The fourth-order valence-corrected chi connectivity index (χ4v) is 2.28. The lowest BCUT2D eigenvalue weighted by atomic mass is 10.00. The molecule has 0 aliphatic heterocycles. The molecule has 6 nitrogen and oxygen atoms in total. The average Bonchev–Trinajstić information content (AvgIpc) is 2.90. The van der Waals surface area contributed by atoms with Gasteiger partial charge in [-0.3, -0.25) is 0 Å². The van der Waals surface area contributed by atoms with Crippen LogP contribution in [-0.2, 0) is 0 Å². The number of nitrogens with two attached hydrogens (primary N) is 1. The number of hydrogen-bond donors (Lipinski definition) is 1. The summed E-state index contributed by atoms with van der Waals surface area (Å²) in [4.78, 5) is 3.97. The van der Waals surface area contributed by atoms with Gasteiger partial charge < -0.3 is 15.0 Å². The number of nitrogens with zero attached hydrogens (tertiary/aromatic N) is 4. The lowest BCUT2D eigenvalue weighted by Gasteiger charge is -2.23. The van der Waals surface area contributed by atoms with E-state index >= 15 is 0 Å². The molecule has 106 valence electrons. The molecule has 0 fully saturated rings. The Bertz CT molecular complexity index is 703. The minimum atomic E-state index is -0.278. The zero-order chi connectivity index (χ0) is 15.4. The van der Waals surface area contributed by atoms with Gasteiger partial charge in [0.25, 0.3) is 0 Å². The van der Waals surface area contributed by atoms with E-state index in [1.807, 2.05) is 43.3 Å². The second-order valence-electron chi connectivity index (χ2n) is 4.65. The number of benzene rings is 1. The third kappa shape index (κ3) is 2.71. The molecule has 2 N–H and O–H groups in total. The van der Waals surface area contributed by atoms with Crippen LogP contribution in [0.3, 0.4) is 0 Å². The van der Waals surface area contributed by atoms with Gasteiger partial charge >= 0.3 is 0 Å². The van der Waals surface area contributed by atoms with E-state index in [2.05, 4.69) is 4.98 Å². The molecule has 1 aromatic carbocycles. The van der Waals surface area contributed by atoms with Gasteiger partial charge in [-0.1, -0.05) is 12.1 Å². The maximum Gasteiger partial charge on any atom is 0.176 e. The molecule has 2 rings (SSSR count). The van der Waals surface area contributed by atoms with Crippen LogP contribution in [0.4, 0.5) is 0 Å². The quantitative estimate of drug-likeness (QED) is 0.916. The first-order valence-electron chi connectivity index (χ1n) is 6.39. The lowest BCUT2D eigenvalue weighted by Crippen LogP contribution is -2.30. The predicted octanol–water partition coefficient (Wildman–Crippen LogP) is 1.57. The summed E-state index contributed by atoms with van der Waals surface area (Å²) in [5, 5.41) is 18.3. The van der Waals surface area contributed by atoms with Crippen molar-refractivity contribution >= 4 is 0 Å². The summed E-state index contributed by atoms with van der Waals surface area (Å²) < 4.78 is 6.78. The van der Waals surface area contributed by atoms with Crippen LogP contribution in [0.1, 0.15) is 29.9 Å². The monoisotopic (exact) mass is 281 g/mol. The molecular formula is C15H15N5O. The Kier molecular flexibility index (Phi) is 4.22. The first-order valence-corrected chi connectivity index (χ1v) is 6.39. The van der Waals surface area contributed by atoms with Crippen molar-refractivity contribution in [3.05, 3.63) is 47.5 Å². The van der Waals surface area contributed by atoms with Gasteiger partial charge in [0.05, 0.1) is 19.5 Å². The molecule has 0 saturated heterocycles. The summed E-state index contributed by atoms with van der Waals surface area (Å²) >= 11 is 0. The molecular weight excluding hydrogens is 266 g/mol. The number of hydrogen-bond acceptors (Lipinski definition) is 5. The number of ether oxygens (including phenoxy) is 1. The molecule has 2 atom stereocenters. The minimum absolute atomic E-state index is 0.108. The number of methoxy groups -OCH3 is 1. The highest BCUT2D eigenvalue weighted by Gasteiger charge is 2.23. The lowest BCUT2D eigenvalue weighted by molar-refractivity contribution is 0.414. The summed E-state index contributed by atoms with van der Waals surface area (Å²) in [5.41, 5.74) is 7.32. The summed E-state index contributed by atoms with van der Waals surface area (Å²) in [6.07, 6.45) is 1.48. The van der Waals surface area contributed by atoms with Crippen molar-refractivity contribution in [2.45, 2.75) is 19.0 Å². The van der Waals surface area contributed by atoms with Crippen LogP contribution in [0, 0.1) is 22.7 Å². The van der Waals surface area contributed by atoms with E-state index < -0.39 is 0 Å². The van der Waals surface area contributed by atoms with E-state index in [1.54, 1.807) is 11.7 Å².